The number of anilines is 1. The van der Waals surface area contributed by atoms with Crippen molar-refractivity contribution in [2.75, 3.05) is 25.6 Å². The van der Waals surface area contributed by atoms with E-state index in [-0.39, 0.29) is 6.03 Å². The minimum Gasteiger partial charge on any atom is -0.493 e. The van der Waals surface area contributed by atoms with Crippen LogP contribution in [0, 0.1) is 6.92 Å². The number of aryl methyl sites for hydroxylation is 1. The van der Waals surface area contributed by atoms with Crippen molar-refractivity contribution in [1.82, 2.24) is 14.3 Å². The summed E-state index contributed by atoms with van der Waals surface area (Å²) in [5.74, 6) is 2.05. The number of rotatable bonds is 2. The van der Waals surface area contributed by atoms with Crippen molar-refractivity contribution >= 4 is 22.7 Å². The van der Waals surface area contributed by atoms with Crippen molar-refractivity contribution < 1.29 is 14.3 Å². The number of para-hydroxylation sites is 1. The predicted octanol–water partition coefficient (Wildman–Crippen LogP) is 2.67. The third-order valence-electron chi connectivity index (χ3n) is 3.49. The number of amides is 2. The van der Waals surface area contributed by atoms with Crippen LogP contribution in [0.25, 0.3) is 0 Å². The lowest BCUT2D eigenvalue weighted by Gasteiger charge is -2.27. The summed E-state index contributed by atoms with van der Waals surface area (Å²) in [6, 6.07) is 5.51. The first kappa shape index (κ1) is 15.5. The molecule has 0 radical (unpaired) electrons. The van der Waals surface area contributed by atoms with Gasteiger partial charge in [-0.05, 0) is 19.4 Å². The molecule has 7 nitrogen and oxygen atoms in total. The first-order valence-corrected chi connectivity index (χ1v) is 8.09. The second-order valence-corrected chi connectivity index (χ2v) is 5.90. The van der Waals surface area contributed by atoms with Crippen molar-refractivity contribution in [3.63, 3.8) is 0 Å². The molecule has 2 aromatic rings. The molecule has 0 bridgehead atoms. The number of aromatic nitrogens is 2. The second kappa shape index (κ2) is 6.82. The molecule has 2 amide bonds. The normalized spacial score (nSPS) is 14.3. The van der Waals surface area contributed by atoms with Gasteiger partial charge in [-0.3, -0.25) is 5.32 Å². The van der Waals surface area contributed by atoms with E-state index < -0.39 is 0 Å². The maximum Gasteiger partial charge on any atom is 0.323 e. The van der Waals surface area contributed by atoms with Crippen LogP contribution in [0.3, 0.4) is 0 Å². The summed E-state index contributed by atoms with van der Waals surface area (Å²) >= 11 is 1.18. The monoisotopic (exact) mass is 334 g/mol. The van der Waals surface area contributed by atoms with E-state index in [1.807, 2.05) is 18.2 Å². The molecule has 0 aliphatic carbocycles. The SMILES string of the molecule is COc1cccc2c1OCCCN(C(=O)Nc1nc(C)ns1)C2. The summed E-state index contributed by atoms with van der Waals surface area (Å²) in [6.45, 7) is 3.40. The molecule has 3 rings (SSSR count). The summed E-state index contributed by atoms with van der Waals surface area (Å²) in [5.41, 5.74) is 0.924. The van der Waals surface area contributed by atoms with Crippen LogP contribution in [0.15, 0.2) is 18.2 Å². The maximum absolute atomic E-state index is 12.5. The largest absolute Gasteiger partial charge is 0.493 e. The molecule has 23 heavy (non-hydrogen) atoms. The molecule has 0 saturated heterocycles. The third-order valence-corrected chi connectivity index (χ3v) is 4.21. The number of urea groups is 1. The molecule has 1 N–H and O–H groups in total. The van der Waals surface area contributed by atoms with Gasteiger partial charge in [-0.2, -0.15) is 4.37 Å². The highest BCUT2D eigenvalue weighted by Gasteiger charge is 2.21. The Morgan fingerprint density at radius 2 is 2.35 bits per heavy atom. The molecular weight excluding hydrogens is 316 g/mol. The Hall–Kier alpha value is -2.35. The Morgan fingerprint density at radius 1 is 1.48 bits per heavy atom. The van der Waals surface area contributed by atoms with E-state index in [0.717, 1.165) is 12.0 Å². The Kier molecular flexibility index (Phi) is 4.61. The minimum absolute atomic E-state index is 0.184. The molecular formula is C15H18N4O3S. The van der Waals surface area contributed by atoms with Crippen molar-refractivity contribution in [3.05, 3.63) is 29.6 Å². The van der Waals surface area contributed by atoms with Crippen LogP contribution in [-0.4, -0.2) is 40.5 Å². The summed E-state index contributed by atoms with van der Waals surface area (Å²) < 4.78 is 15.2. The van der Waals surface area contributed by atoms with E-state index in [1.165, 1.54) is 11.5 Å². The van der Waals surface area contributed by atoms with Gasteiger partial charge in [0.15, 0.2) is 11.5 Å². The zero-order chi connectivity index (χ0) is 16.2. The minimum atomic E-state index is -0.184. The van der Waals surface area contributed by atoms with Crippen LogP contribution in [-0.2, 0) is 6.54 Å². The standard InChI is InChI=1S/C15H18N4O3S/c1-10-16-14(23-18-10)17-15(20)19-7-4-8-22-13-11(9-19)5-3-6-12(13)21-2/h3,5-6H,4,7-9H2,1-2H3,(H,16,17,18,20). The van der Waals surface area contributed by atoms with Gasteiger partial charge in [0.1, 0.15) is 5.82 Å². The fraction of sp³-hybridized carbons (Fsp3) is 0.400. The Morgan fingerprint density at radius 3 is 3.09 bits per heavy atom. The quantitative estimate of drug-likeness (QED) is 0.914. The highest BCUT2D eigenvalue weighted by atomic mass is 32.1. The van der Waals surface area contributed by atoms with Crippen LogP contribution in [0.5, 0.6) is 11.5 Å². The van der Waals surface area contributed by atoms with E-state index >= 15 is 0 Å². The number of carbonyl (C=O) groups is 1. The molecule has 0 fully saturated rings. The molecule has 0 saturated carbocycles. The summed E-state index contributed by atoms with van der Waals surface area (Å²) in [5, 5.41) is 3.31. The zero-order valence-corrected chi connectivity index (χ0v) is 13.9. The fourth-order valence-electron chi connectivity index (χ4n) is 2.42. The van der Waals surface area contributed by atoms with E-state index in [9.17, 15) is 4.79 Å². The first-order chi connectivity index (χ1) is 11.2. The molecule has 1 aromatic heterocycles. The van der Waals surface area contributed by atoms with Crippen LogP contribution < -0.4 is 14.8 Å². The summed E-state index contributed by atoms with van der Waals surface area (Å²) in [7, 11) is 1.61. The summed E-state index contributed by atoms with van der Waals surface area (Å²) in [6.07, 6.45) is 0.750. The average Bonchev–Trinajstić information content (AvgIpc) is 2.92. The van der Waals surface area contributed by atoms with Gasteiger partial charge in [0.05, 0.1) is 20.3 Å². The van der Waals surface area contributed by atoms with Gasteiger partial charge >= 0.3 is 6.03 Å². The van der Waals surface area contributed by atoms with Crippen molar-refractivity contribution in [3.8, 4) is 11.5 Å². The molecule has 1 aromatic carbocycles. The number of carbonyl (C=O) groups excluding carboxylic acids is 1. The van der Waals surface area contributed by atoms with Crippen LogP contribution >= 0.6 is 11.5 Å². The number of benzene rings is 1. The lowest BCUT2D eigenvalue weighted by molar-refractivity contribution is 0.191. The van der Waals surface area contributed by atoms with Gasteiger partial charge < -0.3 is 14.4 Å². The number of nitrogens with one attached hydrogen (secondary N) is 1. The van der Waals surface area contributed by atoms with E-state index in [2.05, 4.69) is 14.7 Å². The molecule has 0 unspecified atom stereocenters. The number of nitrogens with zero attached hydrogens (tertiary/aromatic N) is 3. The fourth-order valence-corrected chi connectivity index (χ4v) is 2.98. The summed E-state index contributed by atoms with van der Waals surface area (Å²) in [4.78, 5) is 18.4. The van der Waals surface area contributed by atoms with Crippen LogP contribution in [0.4, 0.5) is 9.93 Å². The highest BCUT2D eigenvalue weighted by Crippen LogP contribution is 2.33. The third kappa shape index (κ3) is 3.53. The molecule has 0 spiro atoms. The van der Waals surface area contributed by atoms with Crippen LogP contribution in [0.2, 0.25) is 0 Å². The molecule has 1 aliphatic rings. The average molecular weight is 334 g/mol. The molecule has 0 atom stereocenters. The lowest BCUT2D eigenvalue weighted by atomic mass is 10.1. The number of hydrogen-bond acceptors (Lipinski definition) is 6. The predicted molar refractivity (Wildman–Crippen MR) is 87.2 cm³/mol. The Bertz CT molecular complexity index is 704. The van der Waals surface area contributed by atoms with Gasteiger partial charge in [0.25, 0.3) is 0 Å². The van der Waals surface area contributed by atoms with E-state index in [4.69, 9.17) is 9.47 Å². The smallest absolute Gasteiger partial charge is 0.323 e. The maximum atomic E-state index is 12.5. The van der Waals surface area contributed by atoms with Gasteiger partial charge in [-0.25, -0.2) is 9.78 Å². The van der Waals surface area contributed by atoms with Gasteiger partial charge in [-0.1, -0.05) is 12.1 Å². The first-order valence-electron chi connectivity index (χ1n) is 7.32. The Balaban J connectivity index is 1.79. The van der Waals surface area contributed by atoms with Crippen LogP contribution in [0.1, 0.15) is 17.8 Å². The molecule has 1 aliphatic heterocycles. The van der Waals surface area contributed by atoms with Gasteiger partial charge in [0.2, 0.25) is 5.13 Å². The number of hydrogen-bond donors (Lipinski definition) is 1. The molecule has 122 valence electrons. The number of methoxy groups -OCH3 is 1. The second-order valence-electron chi connectivity index (χ2n) is 5.15. The van der Waals surface area contributed by atoms with Gasteiger partial charge in [0, 0.05) is 23.6 Å². The van der Waals surface area contributed by atoms with Gasteiger partial charge in [-0.15, -0.1) is 0 Å². The Labute approximate surface area is 138 Å². The number of ether oxygens (including phenoxy) is 2. The molecule has 2 heterocycles. The van der Waals surface area contributed by atoms with Crippen molar-refractivity contribution in [1.29, 1.82) is 0 Å². The topological polar surface area (TPSA) is 76.6 Å². The molecule has 8 heteroatoms. The highest BCUT2D eigenvalue weighted by molar-refractivity contribution is 7.09. The van der Waals surface area contributed by atoms with Crippen molar-refractivity contribution in [2.45, 2.75) is 19.9 Å². The number of fused-ring (bicyclic) bond motifs is 1. The zero-order valence-electron chi connectivity index (χ0n) is 13.0. The lowest BCUT2D eigenvalue weighted by Crippen LogP contribution is -2.37. The van der Waals surface area contributed by atoms with Crippen molar-refractivity contribution in [2.24, 2.45) is 0 Å². The van der Waals surface area contributed by atoms with E-state index in [1.54, 1.807) is 18.9 Å². The van der Waals surface area contributed by atoms with E-state index in [0.29, 0.717) is 42.2 Å².